The molecule has 1 saturated heterocycles. The van der Waals surface area contributed by atoms with Crippen LogP contribution in [0.1, 0.15) is 40.0 Å². The summed E-state index contributed by atoms with van der Waals surface area (Å²) < 4.78 is 0. The molecule has 3 heteroatoms. The Hall–Kier alpha value is -0.120. The van der Waals surface area contributed by atoms with Gasteiger partial charge < -0.3 is 15.7 Å². The van der Waals surface area contributed by atoms with Crippen LogP contribution in [-0.4, -0.2) is 41.8 Å². The number of nitrogens with zero attached hydrogens (tertiary/aromatic N) is 1. The molecule has 0 bridgehead atoms. The van der Waals surface area contributed by atoms with Crippen molar-refractivity contribution in [2.45, 2.75) is 45.6 Å². The van der Waals surface area contributed by atoms with Crippen LogP contribution in [0.2, 0.25) is 0 Å². The Balaban J connectivity index is 2.33. The summed E-state index contributed by atoms with van der Waals surface area (Å²) in [5.74, 6) is 0. The lowest BCUT2D eigenvalue weighted by Crippen LogP contribution is -2.44. The summed E-state index contributed by atoms with van der Waals surface area (Å²) in [6.07, 6.45) is 3.37. The number of nitrogens with two attached hydrogens (primary N) is 1. The Morgan fingerprint density at radius 2 is 2.13 bits per heavy atom. The van der Waals surface area contributed by atoms with Gasteiger partial charge in [0, 0.05) is 19.6 Å². The molecule has 0 saturated carbocycles. The molecule has 0 aromatic heterocycles. The quantitative estimate of drug-likeness (QED) is 0.739. The second-order valence-electron chi connectivity index (χ2n) is 5.99. The van der Waals surface area contributed by atoms with Crippen molar-refractivity contribution in [3.63, 3.8) is 0 Å². The van der Waals surface area contributed by atoms with Crippen LogP contribution in [-0.2, 0) is 0 Å². The maximum atomic E-state index is 9.83. The molecule has 1 rings (SSSR count). The van der Waals surface area contributed by atoms with Crippen molar-refractivity contribution in [2.75, 3.05) is 26.2 Å². The van der Waals surface area contributed by atoms with E-state index in [1.54, 1.807) is 0 Å². The SMILES string of the molecule is CC1(C)CCCN(CCC(C)(O)CN)C1. The molecule has 1 unspecified atom stereocenters. The zero-order chi connectivity index (χ0) is 11.5. The Labute approximate surface area is 93.6 Å². The van der Waals surface area contributed by atoms with Gasteiger partial charge in [0.15, 0.2) is 0 Å². The van der Waals surface area contributed by atoms with Gasteiger partial charge in [-0.1, -0.05) is 13.8 Å². The maximum absolute atomic E-state index is 9.83. The average molecular weight is 214 g/mol. The highest BCUT2D eigenvalue weighted by molar-refractivity contribution is 4.82. The third-order valence-corrected chi connectivity index (χ3v) is 3.39. The molecule has 3 N–H and O–H groups in total. The van der Waals surface area contributed by atoms with Gasteiger partial charge in [0.05, 0.1) is 5.60 Å². The summed E-state index contributed by atoms with van der Waals surface area (Å²) in [6, 6.07) is 0. The number of piperidine rings is 1. The summed E-state index contributed by atoms with van der Waals surface area (Å²) in [7, 11) is 0. The Bertz CT molecular complexity index is 202. The zero-order valence-electron chi connectivity index (χ0n) is 10.4. The van der Waals surface area contributed by atoms with E-state index < -0.39 is 5.60 Å². The summed E-state index contributed by atoms with van der Waals surface area (Å²) in [6.45, 7) is 10.1. The monoisotopic (exact) mass is 214 g/mol. The van der Waals surface area contributed by atoms with Crippen LogP contribution in [0.25, 0.3) is 0 Å². The number of hydrogen-bond donors (Lipinski definition) is 2. The summed E-state index contributed by atoms with van der Waals surface area (Å²) >= 11 is 0. The molecule has 0 aromatic carbocycles. The van der Waals surface area contributed by atoms with Crippen molar-refractivity contribution < 1.29 is 5.11 Å². The van der Waals surface area contributed by atoms with E-state index in [2.05, 4.69) is 18.7 Å². The predicted molar refractivity (Wildman–Crippen MR) is 63.8 cm³/mol. The number of rotatable bonds is 4. The van der Waals surface area contributed by atoms with Crippen LogP contribution in [0.4, 0.5) is 0 Å². The van der Waals surface area contributed by atoms with E-state index in [1.165, 1.54) is 19.4 Å². The smallest absolute Gasteiger partial charge is 0.0753 e. The van der Waals surface area contributed by atoms with Crippen LogP contribution in [0.15, 0.2) is 0 Å². The molecule has 90 valence electrons. The fraction of sp³-hybridized carbons (Fsp3) is 1.00. The Morgan fingerprint density at radius 3 is 2.67 bits per heavy atom. The Morgan fingerprint density at radius 1 is 1.47 bits per heavy atom. The Kier molecular flexibility index (Phi) is 4.15. The molecule has 0 aliphatic carbocycles. The van der Waals surface area contributed by atoms with E-state index in [-0.39, 0.29) is 0 Å². The van der Waals surface area contributed by atoms with E-state index in [0.29, 0.717) is 12.0 Å². The highest BCUT2D eigenvalue weighted by Gasteiger charge is 2.27. The lowest BCUT2D eigenvalue weighted by molar-refractivity contribution is 0.0342. The molecule has 0 amide bonds. The third-order valence-electron chi connectivity index (χ3n) is 3.39. The van der Waals surface area contributed by atoms with Gasteiger partial charge in [-0.15, -0.1) is 0 Å². The molecule has 1 fully saturated rings. The van der Waals surface area contributed by atoms with Gasteiger partial charge in [0.1, 0.15) is 0 Å². The standard InChI is InChI=1S/C12H26N2O/c1-11(2)5-4-7-14(10-11)8-6-12(3,15)9-13/h15H,4-10,13H2,1-3H3. The molecule has 15 heavy (non-hydrogen) atoms. The first-order valence-electron chi connectivity index (χ1n) is 5.99. The maximum Gasteiger partial charge on any atom is 0.0753 e. The highest BCUT2D eigenvalue weighted by Crippen LogP contribution is 2.28. The molecule has 3 nitrogen and oxygen atoms in total. The first-order chi connectivity index (χ1) is 6.85. The highest BCUT2D eigenvalue weighted by atomic mass is 16.3. The van der Waals surface area contributed by atoms with E-state index >= 15 is 0 Å². The number of hydrogen-bond acceptors (Lipinski definition) is 3. The van der Waals surface area contributed by atoms with Gasteiger partial charge in [0.2, 0.25) is 0 Å². The fourth-order valence-electron chi connectivity index (χ4n) is 2.24. The second kappa shape index (κ2) is 4.81. The first-order valence-corrected chi connectivity index (χ1v) is 5.99. The average Bonchev–Trinajstić information content (AvgIpc) is 2.14. The second-order valence-corrected chi connectivity index (χ2v) is 5.99. The molecule has 1 atom stereocenters. The molecular formula is C12H26N2O. The van der Waals surface area contributed by atoms with Crippen LogP contribution in [0, 0.1) is 5.41 Å². The van der Waals surface area contributed by atoms with Crippen molar-refractivity contribution in [1.29, 1.82) is 0 Å². The van der Waals surface area contributed by atoms with Crippen molar-refractivity contribution in [3.8, 4) is 0 Å². The van der Waals surface area contributed by atoms with E-state index in [4.69, 9.17) is 5.73 Å². The van der Waals surface area contributed by atoms with Crippen molar-refractivity contribution in [2.24, 2.45) is 11.1 Å². The summed E-state index contributed by atoms with van der Waals surface area (Å²) in [4.78, 5) is 2.45. The minimum atomic E-state index is -0.693. The summed E-state index contributed by atoms with van der Waals surface area (Å²) in [5, 5.41) is 9.83. The molecule has 1 heterocycles. The van der Waals surface area contributed by atoms with Crippen LogP contribution in [0.5, 0.6) is 0 Å². The lowest BCUT2D eigenvalue weighted by atomic mass is 9.84. The van der Waals surface area contributed by atoms with Crippen molar-refractivity contribution in [3.05, 3.63) is 0 Å². The van der Waals surface area contributed by atoms with E-state index in [1.807, 2.05) is 6.92 Å². The minimum Gasteiger partial charge on any atom is -0.389 e. The van der Waals surface area contributed by atoms with Gasteiger partial charge in [-0.2, -0.15) is 0 Å². The third kappa shape index (κ3) is 4.49. The molecule has 0 aromatic rings. The largest absolute Gasteiger partial charge is 0.389 e. The van der Waals surface area contributed by atoms with Gasteiger partial charge in [-0.25, -0.2) is 0 Å². The van der Waals surface area contributed by atoms with Gasteiger partial charge in [0.25, 0.3) is 0 Å². The minimum absolute atomic E-state index is 0.351. The van der Waals surface area contributed by atoms with Gasteiger partial charge in [-0.3, -0.25) is 0 Å². The van der Waals surface area contributed by atoms with Crippen LogP contribution in [0.3, 0.4) is 0 Å². The van der Waals surface area contributed by atoms with Crippen LogP contribution >= 0.6 is 0 Å². The normalized spacial score (nSPS) is 26.2. The lowest BCUT2D eigenvalue weighted by Gasteiger charge is -2.39. The van der Waals surface area contributed by atoms with Crippen molar-refractivity contribution >= 4 is 0 Å². The molecule has 1 aliphatic rings. The van der Waals surface area contributed by atoms with Gasteiger partial charge in [-0.05, 0) is 38.1 Å². The molecular weight excluding hydrogens is 188 g/mol. The molecule has 1 aliphatic heterocycles. The van der Waals surface area contributed by atoms with Crippen LogP contribution < -0.4 is 5.73 Å². The predicted octanol–water partition coefficient (Wildman–Crippen LogP) is 1.21. The topological polar surface area (TPSA) is 49.5 Å². The van der Waals surface area contributed by atoms with E-state index in [0.717, 1.165) is 19.5 Å². The zero-order valence-corrected chi connectivity index (χ0v) is 10.4. The fourth-order valence-corrected chi connectivity index (χ4v) is 2.24. The number of aliphatic hydroxyl groups is 1. The molecule has 0 radical (unpaired) electrons. The van der Waals surface area contributed by atoms with Crippen molar-refractivity contribution in [1.82, 2.24) is 4.90 Å². The first kappa shape index (κ1) is 12.9. The van der Waals surface area contributed by atoms with Gasteiger partial charge >= 0.3 is 0 Å². The number of likely N-dealkylation sites (tertiary alicyclic amines) is 1. The van der Waals surface area contributed by atoms with E-state index in [9.17, 15) is 5.11 Å². The summed E-state index contributed by atoms with van der Waals surface area (Å²) in [5.41, 5.74) is 5.25. The molecule has 0 spiro atoms.